The highest BCUT2D eigenvalue weighted by molar-refractivity contribution is 5.92. The van der Waals surface area contributed by atoms with Crippen LogP contribution in [-0.2, 0) is 0 Å². The van der Waals surface area contributed by atoms with Gasteiger partial charge in [-0.05, 0) is 36.8 Å². The molecule has 1 saturated carbocycles. The van der Waals surface area contributed by atoms with Crippen LogP contribution in [0.2, 0.25) is 0 Å². The molecule has 1 aromatic heterocycles. The van der Waals surface area contributed by atoms with Gasteiger partial charge < -0.3 is 10.6 Å². The zero-order chi connectivity index (χ0) is 14.4. The van der Waals surface area contributed by atoms with Crippen LogP contribution < -0.4 is 10.6 Å². The maximum atomic E-state index is 12.0. The lowest BCUT2D eigenvalue weighted by atomic mass is 9.81. The minimum atomic E-state index is -0.0646. The number of aromatic nitrogens is 1. The van der Waals surface area contributed by atoms with Crippen molar-refractivity contribution < 1.29 is 4.79 Å². The van der Waals surface area contributed by atoms with E-state index in [1.165, 1.54) is 32.1 Å². The third kappa shape index (κ3) is 3.95. The summed E-state index contributed by atoms with van der Waals surface area (Å²) in [7, 11) is 1.84. The van der Waals surface area contributed by atoms with Crippen molar-refractivity contribution in [1.29, 1.82) is 0 Å². The fraction of sp³-hybridized carbons (Fsp3) is 0.625. The van der Waals surface area contributed by atoms with Crippen LogP contribution in [0.25, 0.3) is 0 Å². The van der Waals surface area contributed by atoms with E-state index in [1.807, 2.05) is 13.1 Å². The first-order chi connectivity index (χ1) is 9.72. The molecule has 2 N–H and O–H groups in total. The molecule has 4 nitrogen and oxygen atoms in total. The highest BCUT2D eigenvalue weighted by Crippen LogP contribution is 2.30. The van der Waals surface area contributed by atoms with Crippen molar-refractivity contribution in [2.45, 2.75) is 39.0 Å². The summed E-state index contributed by atoms with van der Waals surface area (Å²) < 4.78 is 0. The highest BCUT2D eigenvalue weighted by atomic mass is 16.1. The van der Waals surface area contributed by atoms with Gasteiger partial charge in [0.1, 0.15) is 5.69 Å². The SMILES string of the molecule is CCC1CCC(CNC(=O)c2ccc(NC)cn2)CC1. The topological polar surface area (TPSA) is 54.0 Å². The number of anilines is 1. The predicted molar refractivity (Wildman–Crippen MR) is 81.9 cm³/mol. The molecule has 1 aromatic rings. The van der Waals surface area contributed by atoms with Crippen molar-refractivity contribution in [3.8, 4) is 0 Å². The Kier molecular flexibility index (Phi) is 5.39. The van der Waals surface area contributed by atoms with Gasteiger partial charge in [-0.3, -0.25) is 4.79 Å². The van der Waals surface area contributed by atoms with E-state index in [-0.39, 0.29) is 5.91 Å². The van der Waals surface area contributed by atoms with Crippen LogP contribution >= 0.6 is 0 Å². The predicted octanol–water partition coefficient (Wildman–Crippen LogP) is 3.07. The average Bonchev–Trinajstić information content (AvgIpc) is 2.53. The molecule has 110 valence electrons. The molecular weight excluding hydrogens is 250 g/mol. The fourth-order valence-corrected chi connectivity index (χ4v) is 2.85. The normalized spacial score (nSPS) is 22.3. The van der Waals surface area contributed by atoms with Crippen LogP contribution in [0, 0.1) is 11.8 Å². The molecule has 0 spiro atoms. The first-order valence-electron chi connectivity index (χ1n) is 7.65. The lowest BCUT2D eigenvalue weighted by Gasteiger charge is -2.27. The quantitative estimate of drug-likeness (QED) is 0.868. The van der Waals surface area contributed by atoms with Crippen molar-refractivity contribution in [2.75, 3.05) is 18.9 Å². The van der Waals surface area contributed by atoms with Crippen LogP contribution in [0.3, 0.4) is 0 Å². The summed E-state index contributed by atoms with van der Waals surface area (Å²) >= 11 is 0. The molecule has 1 heterocycles. The number of hydrogen-bond acceptors (Lipinski definition) is 3. The maximum absolute atomic E-state index is 12.0. The number of nitrogens with one attached hydrogen (secondary N) is 2. The summed E-state index contributed by atoms with van der Waals surface area (Å²) in [5.41, 5.74) is 1.41. The Morgan fingerprint density at radius 3 is 2.50 bits per heavy atom. The van der Waals surface area contributed by atoms with Crippen molar-refractivity contribution in [3.63, 3.8) is 0 Å². The minimum Gasteiger partial charge on any atom is -0.387 e. The summed E-state index contributed by atoms with van der Waals surface area (Å²) in [5.74, 6) is 1.47. The third-order valence-electron chi connectivity index (χ3n) is 4.38. The van der Waals surface area contributed by atoms with E-state index in [0.29, 0.717) is 11.6 Å². The summed E-state index contributed by atoms with van der Waals surface area (Å²) in [6.07, 6.45) is 8.08. The van der Waals surface area contributed by atoms with Gasteiger partial charge in [-0.15, -0.1) is 0 Å². The zero-order valence-corrected chi connectivity index (χ0v) is 12.5. The van der Waals surface area contributed by atoms with Gasteiger partial charge in [-0.25, -0.2) is 4.98 Å². The van der Waals surface area contributed by atoms with Crippen molar-refractivity contribution >= 4 is 11.6 Å². The first-order valence-corrected chi connectivity index (χ1v) is 7.65. The number of carbonyl (C=O) groups is 1. The molecule has 0 atom stereocenters. The second-order valence-electron chi connectivity index (χ2n) is 5.69. The van der Waals surface area contributed by atoms with Gasteiger partial charge in [0.05, 0.1) is 11.9 Å². The highest BCUT2D eigenvalue weighted by Gasteiger charge is 2.20. The van der Waals surface area contributed by atoms with Gasteiger partial charge in [0.25, 0.3) is 5.91 Å². The molecule has 1 fully saturated rings. The van der Waals surface area contributed by atoms with Gasteiger partial charge in [0.2, 0.25) is 0 Å². The lowest BCUT2D eigenvalue weighted by Crippen LogP contribution is -2.31. The number of nitrogens with zero attached hydrogens (tertiary/aromatic N) is 1. The Balaban J connectivity index is 1.77. The van der Waals surface area contributed by atoms with E-state index in [2.05, 4.69) is 22.5 Å². The summed E-state index contributed by atoms with van der Waals surface area (Å²) in [4.78, 5) is 16.2. The van der Waals surface area contributed by atoms with Gasteiger partial charge >= 0.3 is 0 Å². The first kappa shape index (κ1) is 14.8. The van der Waals surface area contributed by atoms with Gasteiger partial charge in [0.15, 0.2) is 0 Å². The minimum absolute atomic E-state index is 0.0646. The molecule has 1 amide bonds. The van der Waals surface area contributed by atoms with Crippen LogP contribution in [0.1, 0.15) is 49.5 Å². The van der Waals surface area contributed by atoms with Crippen LogP contribution in [0.4, 0.5) is 5.69 Å². The summed E-state index contributed by atoms with van der Waals surface area (Å²) in [6.45, 7) is 3.05. The maximum Gasteiger partial charge on any atom is 0.269 e. The summed E-state index contributed by atoms with van der Waals surface area (Å²) in [5, 5.41) is 6.01. The van der Waals surface area contributed by atoms with E-state index in [9.17, 15) is 4.79 Å². The second-order valence-corrected chi connectivity index (χ2v) is 5.69. The van der Waals surface area contributed by atoms with E-state index in [4.69, 9.17) is 0 Å². The van der Waals surface area contributed by atoms with Gasteiger partial charge in [0, 0.05) is 13.6 Å². The zero-order valence-electron chi connectivity index (χ0n) is 12.5. The fourth-order valence-electron chi connectivity index (χ4n) is 2.85. The number of carbonyl (C=O) groups excluding carboxylic acids is 1. The molecule has 0 radical (unpaired) electrons. The van der Waals surface area contributed by atoms with E-state index in [0.717, 1.165) is 18.2 Å². The Hall–Kier alpha value is -1.58. The lowest BCUT2D eigenvalue weighted by molar-refractivity contribution is 0.0936. The smallest absolute Gasteiger partial charge is 0.269 e. The molecular formula is C16H25N3O. The standard InChI is InChI=1S/C16H25N3O/c1-3-12-4-6-13(7-5-12)10-19-16(20)15-9-8-14(17-2)11-18-15/h8-9,11-13,17H,3-7,10H2,1-2H3,(H,19,20). The van der Waals surface area contributed by atoms with Gasteiger partial charge in [-0.2, -0.15) is 0 Å². The molecule has 0 aliphatic heterocycles. The molecule has 0 saturated heterocycles. The van der Waals surface area contributed by atoms with E-state index >= 15 is 0 Å². The van der Waals surface area contributed by atoms with Crippen LogP contribution in [0.5, 0.6) is 0 Å². The largest absolute Gasteiger partial charge is 0.387 e. The molecule has 1 aliphatic carbocycles. The van der Waals surface area contributed by atoms with Crippen molar-refractivity contribution in [3.05, 3.63) is 24.0 Å². The van der Waals surface area contributed by atoms with Crippen LogP contribution in [0.15, 0.2) is 18.3 Å². The van der Waals surface area contributed by atoms with Crippen molar-refractivity contribution in [1.82, 2.24) is 10.3 Å². The average molecular weight is 275 g/mol. The molecule has 0 aromatic carbocycles. The molecule has 0 bridgehead atoms. The van der Waals surface area contributed by atoms with E-state index < -0.39 is 0 Å². The van der Waals surface area contributed by atoms with Gasteiger partial charge in [-0.1, -0.05) is 26.2 Å². The molecule has 0 unspecified atom stereocenters. The Morgan fingerprint density at radius 1 is 1.25 bits per heavy atom. The number of amides is 1. The number of rotatable bonds is 5. The second kappa shape index (κ2) is 7.27. The number of pyridine rings is 1. The Bertz CT molecular complexity index is 422. The Morgan fingerprint density at radius 2 is 1.95 bits per heavy atom. The molecule has 1 aliphatic rings. The van der Waals surface area contributed by atoms with Crippen molar-refractivity contribution in [2.24, 2.45) is 11.8 Å². The van der Waals surface area contributed by atoms with E-state index in [1.54, 1.807) is 12.3 Å². The molecule has 20 heavy (non-hydrogen) atoms. The molecule has 4 heteroatoms. The molecule has 2 rings (SSSR count). The summed E-state index contributed by atoms with van der Waals surface area (Å²) in [6, 6.07) is 3.63. The monoisotopic (exact) mass is 275 g/mol. The number of hydrogen-bond donors (Lipinski definition) is 2. The Labute approximate surface area is 121 Å². The van der Waals surface area contributed by atoms with Crippen LogP contribution in [-0.4, -0.2) is 24.5 Å². The third-order valence-corrected chi connectivity index (χ3v) is 4.38.